The fourth-order valence-corrected chi connectivity index (χ4v) is 4.23. The van der Waals surface area contributed by atoms with Crippen molar-refractivity contribution in [3.05, 3.63) is 103 Å². The zero-order valence-corrected chi connectivity index (χ0v) is 24.1. The van der Waals surface area contributed by atoms with Gasteiger partial charge in [-0.2, -0.15) is 28.7 Å². The molecular formula is C28H14N7Rb. The van der Waals surface area contributed by atoms with Crippen molar-refractivity contribution in [1.29, 1.82) is 10.5 Å². The molecule has 3 aromatic heterocycles. The third-order valence-electron chi connectivity index (χ3n) is 5.82. The van der Waals surface area contributed by atoms with Crippen molar-refractivity contribution in [3.8, 4) is 40.6 Å². The summed E-state index contributed by atoms with van der Waals surface area (Å²) < 4.78 is 2.18. The zero-order valence-electron chi connectivity index (χ0n) is 19.2. The van der Waals surface area contributed by atoms with E-state index in [0.717, 1.165) is 38.6 Å². The number of aromatic nitrogens is 5. The van der Waals surface area contributed by atoms with Gasteiger partial charge in [-0.25, -0.2) is 19.9 Å². The van der Waals surface area contributed by atoms with Crippen molar-refractivity contribution in [2.45, 2.75) is 0 Å². The topological polar surface area (TPSA) is 104 Å². The van der Waals surface area contributed by atoms with Crippen molar-refractivity contribution in [3.63, 3.8) is 0 Å². The molecule has 8 heteroatoms. The summed E-state index contributed by atoms with van der Waals surface area (Å²) in [6, 6.07) is 27.3. The molecule has 0 N–H and O–H groups in total. The summed E-state index contributed by atoms with van der Waals surface area (Å²) in [5, 5.41) is 20.5. The normalized spacial score (nSPS) is 10.5. The molecule has 0 amide bonds. The van der Waals surface area contributed by atoms with E-state index >= 15 is 0 Å². The second-order valence-corrected chi connectivity index (χ2v) is 7.84. The molecule has 162 valence electrons. The molecule has 0 saturated heterocycles. The van der Waals surface area contributed by atoms with E-state index in [1.807, 2.05) is 54.6 Å². The molecule has 0 aliphatic rings. The fourth-order valence-electron chi connectivity index (χ4n) is 4.23. The molecule has 3 heterocycles. The Labute approximate surface area is 255 Å². The van der Waals surface area contributed by atoms with Crippen LogP contribution in [-0.4, -0.2) is 24.5 Å². The molecule has 7 nitrogen and oxygen atoms in total. The maximum atomic E-state index is 9.20. The van der Waals surface area contributed by atoms with Crippen LogP contribution < -0.4 is 58.2 Å². The van der Waals surface area contributed by atoms with Gasteiger partial charge in [0.25, 0.3) is 0 Å². The number of para-hydroxylation sites is 1. The predicted molar refractivity (Wildman–Crippen MR) is 131 cm³/mol. The van der Waals surface area contributed by atoms with Crippen molar-refractivity contribution < 1.29 is 58.2 Å². The van der Waals surface area contributed by atoms with E-state index in [-0.39, 0.29) is 58.2 Å². The van der Waals surface area contributed by atoms with Gasteiger partial charge in [0.15, 0.2) is 11.6 Å². The number of hydrogen-bond acceptors (Lipinski definition) is 6. The van der Waals surface area contributed by atoms with Crippen molar-refractivity contribution in [2.24, 2.45) is 0 Å². The third kappa shape index (κ3) is 4.17. The third-order valence-corrected chi connectivity index (χ3v) is 5.82. The summed E-state index contributed by atoms with van der Waals surface area (Å²) in [5.74, 6) is 0.963. The van der Waals surface area contributed by atoms with Gasteiger partial charge >= 0.3 is 58.2 Å². The van der Waals surface area contributed by atoms with E-state index in [9.17, 15) is 5.26 Å². The maximum absolute atomic E-state index is 9.20. The Hall–Kier alpha value is -3.59. The van der Waals surface area contributed by atoms with E-state index in [1.54, 1.807) is 0 Å². The summed E-state index contributed by atoms with van der Waals surface area (Å²) in [4.78, 5) is 17.6. The minimum Gasteiger partial charge on any atom is -0.333 e. The van der Waals surface area contributed by atoms with E-state index < -0.39 is 0 Å². The Morgan fingerprint density at radius 2 is 1.36 bits per heavy atom. The number of fused-ring (bicyclic) bond motifs is 3. The fraction of sp³-hybridized carbons (Fsp3) is 0. The van der Waals surface area contributed by atoms with Crippen molar-refractivity contribution in [1.82, 2.24) is 24.5 Å². The summed E-state index contributed by atoms with van der Waals surface area (Å²) >= 11 is 0. The molecule has 6 aromatic rings. The average molecular weight is 534 g/mol. The first-order chi connectivity index (χ1) is 17.3. The van der Waals surface area contributed by atoms with Gasteiger partial charge in [-0.3, -0.25) is 0 Å². The van der Waals surface area contributed by atoms with Gasteiger partial charge in [-0.05, 0) is 29.7 Å². The molecule has 6 rings (SSSR count). The van der Waals surface area contributed by atoms with Crippen LogP contribution in [0.1, 0.15) is 11.1 Å². The summed E-state index contributed by atoms with van der Waals surface area (Å²) in [7, 11) is 0. The SMILES string of the molecule is N#Cc1cnc(-c2ccc(-n3c4cc[c-]cc4c4ccccc43)c(-c3ncc(C#N)cn3)c2)nc1.[Rb+]. The Balaban J connectivity index is 0.00000267. The summed E-state index contributed by atoms with van der Waals surface area (Å²) in [6.45, 7) is 0. The van der Waals surface area contributed by atoms with E-state index in [4.69, 9.17) is 5.26 Å². The van der Waals surface area contributed by atoms with Crippen molar-refractivity contribution in [2.75, 3.05) is 0 Å². The Morgan fingerprint density at radius 1 is 0.722 bits per heavy atom. The number of rotatable bonds is 3. The molecule has 0 aliphatic heterocycles. The van der Waals surface area contributed by atoms with Crippen LogP contribution in [0.4, 0.5) is 0 Å². The van der Waals surface area contributed by atoms with Crippen LogP contribution in [-0.2, 0) is 0 Å². The largest absolute Gasteiger partial charge is 1.00 e. The summed E-state index contributed by atoms with van der Waals surface area (Å²) in [6.07, 6.45) is 6.02. The monoisotopic (exact) mass is 533 g/mol. The van der Waals surface area contributed by atoms with Gasteiger partial charge in [0, 0.05) is 41.4 Å². The van der Waals surface area contributed by atoms with Gasteiger partial charge in [0.05, 0.1) is 16.8 Å². The first-order valence-corrected chi connectivity index (χ1v) is 10.8. The minimum atomic E-state index is 0. The molecule has 0 saturated carbocycles. The van der Waals surface area contributed by atoms with Gasteiger partial charge in [0.2, 0.25) is 0 Å². The molecule has 0 aliphatic carbocycles. The second kappa shape index (κ2) is 10.2. The molecule has 0 atom stereocenters. The van der Waals surface area contributed by atoms with Gasteiger partial charge in [-0.1, -0.05) is 23.7 Å². The summed E-state index contributed by atoms with van der Waals surface area (Å²) in [5.41, 5.74) is 5.24. The number of nitrogens with zero attached hydrogens (tertiary/aromatic N) is 7. The standard InChI is InChI=1S/C28H14N7.Rb/c29-12-18-14-31-27(32-15-18)20-9-10-26(23(11-20)28-33-16-19(13-30)17-34-28)35-24-7-3-1-5-21(24)22-6-2-4-8-25(22)35;/h1,3-11,14-17H;/q-1;+1. The van der Waals surface area contributed by atoms with Crippen LogP contribution in [0, 0.1) is 28.7 Å². The van der Waals surface area contributed by atoms with Crippen LogP contribution in [0.25, 0.3) is 50.3 Å². The molecule has 0 fully saturated rings. The predicted octanol–water partition coefficient (Wildman–Crippen LogP) is 2.25. The van der Waals surface area contributed by atoms with Crippen LogP contribution in [0.5, 0.6) is 0 Å². The average Bonchev–Trinajstić information content (AvgIpc) is 3.27. The zero-order chi connectivity index (χ0) is 23.8. The van der Waals surface area contributed by atoms with Crippen LogP contribution in [0.3, 0.4) is 0 Å². The van der Waals surface area contributed by atoms with E-state index in [1.165, 1.54) is 24.8 Å². The number of nitriles is 2. The molecule has 0 spiro atoms. The van der Waals surface area contributed by atoms with Crippen LogP contribution in [0.15, 0.2) is 85.5 Å². The molecule has 36 heavy (non-hydrogen) atoms. The van der Waals surface area contributed by atoms with Crippen LogP contribution in [0.2, 0.25) is 0 Å². The first kappa shape index (κ1) is 24.1. The molecule has 0 bridgehead atoms. The molecule has 0 radical (unpaired) electrons. The van der Waals surface area contributed by atoms with Gasteiger partial charge in [0.1, 0.15) is 12.1 Å². The first-order valence-electron chi connectivity index (χ1n) is 10.8. The molecule has 0 unspecified atom stereocenters. The second-order valence-electron chi connectivity index (χ2n) is 7.84. The van der Waals surface area contributed by atoms with Gasteiger partial charge in [-0.15, -0.1) is 11.5 Å². The molecular weight excluding hydrogens is 520 g/mol. The number of hydrogen-bond donors (Lipinski definition) is 0. The Kier molecular flexibility index (Phi) is 6.82. The quantitative estimate of drug-likeness (QED) is 0.323. The van der Waals surface area contributed by atoms with E-state index in [2.05, 4.69) is 48.8 Å². The Morgan fingerprint density at radius 3 is 2.06 bits per heavy atom. The maximum Gasteiger partial charge on any atom is 1.00 e. The number of benzene rings is 3. The van der Waals surface area contributed by atoms with Crippen LogP contribution >= 0.6 is 0 Å². The van der Waals surface area contributed by atoms with Gasteiger partial charge < -0.3 is 4.57 Å². The Bertz CT molecular complexity index is 1760. The molecule has 3 aromatic carbocycles. The van der Waals surface area contributed by atoms with E-state index in [0.29, 0.717) is 22.8 Å². The van der Waals surface area contributed by atoms with Crippen molar-refractivity contribution >= 4 is 21.8 Å². The smallest absolute Gasteiger partial charge is 0.333 e. The minimum absolute atomic E-state index is 0.